The van der Waals surface area contributed by atoms with Gasteiger partial charge in [0.05, 0.1) is 6.10 Å². The van der Waals surface area contributed by atoms with Crippen molar-refractivity contribution < 1.29 is 13.9 Å². The summed E-state index contributed by atoms with van der Waals surface area (Å²) >= 11 is 0. The Morgan fingerprint density at radius 3 is 2.73 bits per heavy atom. The first-order valence-corrected chi connectivity index (χ1v) is 10.1. The normalized spacial score (nSPS) is 30.5. The Kier molecular flexibility index (Phi) is 5.55. The molecule has 3 saturated heterocycles. The summed E-state index contributed by atoms with van der Waals surface area (Å²) in [6.07, 6.45) is 7.50. The SMILES string of the molecule is O=C(CC1CC2CCC(C1)N2)N(Cc1cccc(F)c1)CC1CCCO1. The van der Waals surface area contributed by atoms with Gasteiger partial charge in [0.15, 0.2) is 0 Å². The molecule has 3 aliphatic rings. The maximum Gasteiger partial charge on any atom is 0.223 e. The number of fused-ring (bicyclic) bond motifs is 2. The van der Waals surface area contributed by atoms with Crippen LogP contribution in [0.4, 0.5) is 4.39 Å². The molecule has 0 aliphatic carbocycles. The van der Waals surface area contributed by atoms with E-state index in [0.717, 1.165) is 37.9 Å². The van der Waals surface area contributed by atoms with Crippen molar-refractivity contribution >= 4 is 5.91 Å². The number of ether oxygens (including phenoxy) is 1. The second-order valence-electron chi connectivity index (χ2n) is 8.22. The number of rotatable bonds is 6. The minimum Gasteiger partial charge on any atom is -0.376 e. The first-order valence-electron chi connectivity index (χ1n) is 10.1. The number of piperidine rings is 1. The lowest BCUT2D eigenvalue weighted by Gasteiger charge is -2.31. The fourth-order valence-electron chi connectivity index (χ4n) is 4.86. The highest BCUT2D eigenvalue weighted by Crippen LogP contribution is 2.33. The lowest BCUT2D eigenvalue weighted by molar-refractivity contribution is -0.134. The van der Waals surface area contributed by atoms with Gasteiger partial charge in [0, 0.05) is 38.2 Å². The first-order chi connectivity index (χ1) is 12.7. The number of nitrogens with zero attached hydrogens (tertiary/aromatic N) is 1. The predicted octanol–water partition coefficient (Wildman–Crippen LogP) is 3.25. The molecule has 1 aromatic rings. The lowest BCUT2D eigenvalue weighted by Crippen LogP contribution is -2.42. The number of benzene rings is 1. The van der Waals surface area contributed by atoms with E-state index in [1.54, 1.807) is 6.07 Å². The van der Waals surface area contributed by atoms with Gasteiger partial charge >= 0.3 is 0 Å². The van der Waals surface area contributed by atoms with E-state index >= 15 is 0 Å². The van der Waals surface area contributed by atoms with Crippen LogP contribution >= 0.6 is 0 Å². The van der Waals surface area contributed by atoms with E-state index in [0.29, 0.717) is 37.5 Å². The van der Waals surface area contributed by atoms with Crippen LogP contribution < -0.4 is 5.32 Å². The summed E-state index contributed by atoms with van der Waals surface area (Å²) in [5.74, 6) is 0.416. The summed E-state index contributed by atoms with van der Waals surface area (Å²) in [5, 5.41) is 3.64. The van der Waals surface area contributed by atoms with E-state index in [9.17, 15) is 9.18 Å². The first kappa shape index (κ1) is 17.9. The molecule has 26 heavy (non-hydrogen) atoms. The summed E-state index contributed by atoms with van der Waals surface area (Å²) in [6.45, 7) is 1.87. The molecule has 3 atom stereocenters. The molecule has 3 aliphatic heterocycles. The Morgan fingerprint density at radius 1 is 1.23 bits per heavy atom. The molecule has 5 heteroatoms. The summed E-state index contributed by atoms with van der Waals surface area (Å²) in [5.41, 5.74) is 0.849. The van der Waals surface area contributed by atoms with Crippen molar-refractivity contribution in [1.29, 1.82) is 0 Å². The van der Waals surface area contributed by atoms with Gasteiger partial charge in [-0.2, -0.15) is 0 Å². The second kappa shape index (κ2) is 8.05. The molecule has 0 radical (unpaired) electrons. The molecule has 0 saturated carbocycles. The quantitative estimate of drug-likeness (QED) is 0.847. The van der Waals surface area contributed by atoms with Crippen molar-refractivity contribution in [3.63, 3.8) is 0 Å². The number of halogens is 1. The van der Waals surface area contributed by atoms with Crippen LogP contribution in [0.1, 0.15) is 50.5 Å². The Balaban J connectivity index is 1.41. The highest BCUT2D eigenvalue weighted by atomic mass is 19.1. The van der Waals surface area contributed by atoms with Gasteiger partial charge in [0.2, 0.25) is 5.91 Å². The average Bonchev–Trinajstić information content (AvgIpc) is 3.24. The van der Waals surface area contributed by atoms with Crippen LogP contribution in [0, 0.1) is 11.7 Å². The van der Waals surface area contributed by atoms with E-state index in [2.05, 4.69) is 5.32 Å². The van der Waals surface area contributed by atoms with Crippen molar-refractivity contribution in [1.82, 2.24) is 10.2 Å². The van der Waals surface area contributed by atoms with E-state index in [4.69, 9.17) is 4.74 Å². The molecule has 3 heterocycles. The Morgan fingerprint density at radius 2 is 2.04 bits per heavy atom. The smallest absolute Gasteiger partial charge is 0.223 e. The van der Waals surface area contributed by atoms with Crippen LogP contribution in [-0.4, -0.2) is 42.1 Å². The second-order valence-corrected chi connectivity index (χ2v) is 8.22. The van der Waals surface area contributed by atoms with Crippen molar-refractivity contribution in [2.45, 2.75) is 69.7 Å². The zero-order chi connectivity index (χ0) is 17.9. The van der Waals surface area contributed by atoms with E-state index in [1.165, 1.54) is 25.0 Å². The van der Waals surface area contributed by atoms with Crippen molar-refractivity contribution in [2.24, 2.45) is 5.92 Å². The number of hydrogen-bond donors (Lipinski definition) is 1. The van der Waals surface area contributed by atoms with Gasteiger partial charge < -0.3 is 15.0 Å². The minimum atomic E-state index is -0.248. The molecule has 0 aromatic heterocycles. The topological polar surface area (TPSA) is 41.6 Å². The maximum atomic E-state index is 13.6. The monoisotopic (exact) mass is 360 g/mol. The lowest BCUT2D eigenvalue weighted by atomic mass is 9.89. The van der Waals surface area contributed by atoms with Gasteiger partial charge in [-0.05, 0) is 62.1 Å². The number of hydrogen-bond acceptors (Lipinski definition) is 3. The highest BCUT2D eigenvalue weighted by molar-refractivity contribution is 5.76. The van der Waals surface area contributed by atoms with E-state index in [-0.39, 0.29) is 17.8 Å². The Hall–Kier alpha value is -1.46. The molecule has 3 unspecified atom stereocenters. The highest BCUT2D eigenvalue weighted by Gasteiger charge is 2.35. The molecule has 0 spiro atoms. The summed E-state index contributed by atoms with van der Waals surface area (Å²) in [7, 11) is 0. The van der Waals surface area contributed by atoms with Crippen molar-refractivity contribution in [3.05, 3.63) is 35.6 Å². The Labute approximate surface area is 155 Å². The van der Waals surface area contributed by atoms with Crippen LogP contribution in [0.25, 0.3) is 0 Å². The third-order valence-corrected chi connectivity index (χ3v) is 6.10. The summed E-state index contributed by atoms with van der Waals surface area (Å²) < 4.78 is 19.3. The molecule has 2 bridgehead atoms. The van der Waals surface area contributed by atoms with Gasteiger partial charge in [-0.15, -0.1) is 0 Å². The van der Waals surface area contributed by atoms with Gasteiger partial charge in [-0.25, -0.2) is 4.39 Å². The molecule has 3 fully saturated rings. The zero-order valence-corrected chi connectivity index (χ0v) is 15.3. The molecule has 1 aromatic carbocycles. The number of carbonyl (C=O) groups is 1. The molecule has 142 valence electrons. The standard InChI is InChI=1S/C21H29FN2O2/c22-17-4-1-3-15(9-17)13-24(14-20-5-2-8-26-20)21(25)12-16-10-18-6-7-19(11-16)23-18/h1,3-4,9,16,18-20,23H,2,5-8,10-14H2. The number of nitrogens with one attached hydrogen (secondary N) is 1. The predicted molar refractivity (Wildman–Crippen MR) is 98.1 cm³/mol. The maximum absolute atomic E-state index is 13.6. The van der Waals surface area contributed by atoms with Crippen molar-refractivity contribution in [3.8, 4) is 0 Å². The van der Waals surface area contributed by atoms with Crippen LogP contribution in [0.15, 0.2) is 24.3 Å². The third kappa shape index (κ3) is 4.44. The molecule has 4 nitrogen and oxygen atoms in total. The average molecular weight is 360 g/mol. The zero-order valence-electron chi connectivity index (χ0n) is 15.3. The van der Waals surface area contributed by atoms with Gasteiger partial charge in [-0.1, -0.05) is 12.1 Å². The summed E-state index contributed by atoms with van der Waals surface area (Å²) in [4.78, 5) is 15.0. The fourth-order valence-corrected chi connectivity index (χ4v) is 4.86. The number of amides is 1. The number of carbonyl (C=O) groups excluding carboxylic acids is 1. The van der Waals surface area contributed by atoms with E-state index < -0.39 is 0 Å². The minimum absolute atomic E-state index is 0.122. The molecule has 1 N–H and O–H groups in total. The van der Waals surface area contributed by atoms with E-state index in [1.807, 2.05) is 11.0 Å². The van der Waals surface area contributed by atoms with Crippen LogP contribution in [0.2, 0.25) is 0 Å². The van der Waals surface area contributed by atoms with Crippen LogP contribution in [-0.2, 0) is 16.1 Å². The Bertz CT molecular complexity index is 620. The molecule has 1 amide bonds. The summed E-state index contributed by atoms with van der Waals surface area (Å²) in [6, 6.07) is 7.77. The van der Waals surface area contributed by atoms with Gasteiger partial charge in [0.1, 0.15) is 5.82 Å². The molecule has 4 rings (SSSR count). The third-order valence-electron chi connectivity index (χ3n) is 6.10. The van der Waals surface area contributed by atoms with Crippen LogP contribution in [0.3, 0.4) is 0 Å². The molecular weight excluding hydrogens is 331 g/mol. The van der Waals surface area contributed by atoms with Gasteiger partial charge in [0.25, 0.3) is 0 Å². The largest absolute Gasteiger partial charge is 0.376 e. The fraction of sp³-hybridized carbons (Fsp3) is 0.667. The van der Waals surface area contributed by atoms with Crippen LogP contribution in [0.5, 0.6) is 0 Å². The molecular formula is C21H29FN2O2. The van der Waals surface area contributed by atoms with Crippen molar-refractivity contribution in [2.75, 3.05) is 13.2 Å². The van der Waals surface area contributed by atoms with Gasteiger partial charge in [-0.3, -0.25) is 4.79 Å².